The van der Waals surface area contributed by atoms with Crippen LogP contribution in [0, 0.1) is 0 Å². The number of hydrogen-bond donors (Lipinski definition) is 0. The molecule has 0 amide bonds. The van der Waals surface area contributed by atoms with E-state index in [2.05, 4.69) is 130 Å². The zero-order valence-corrected chi connectivity index (χ0v) is 40.3. The number of carbonyl (C=O) groups excluding carboxylic acids is 3. The van der Waals surface area contributed by atoms with Gasteiger partial charge >= 0.3 is 17.9 Å². The summed E-state index contributed by atoms with van der Waals surface area (Å²) in [5, 5.41) is 0. The average Bonchev–Trinajstić information content (AvgIpc) is 3.28. The first kappa shape index (κ1) is 58.8. The van der Waals surface area contributed by atoms with Gasteiger partial charge in [-0.3, -0.25) is 14.4 Å². The predicted octanol–water partition coefficient (Wildman–Crippen LogP) is 16.5. The highest BCUT2D eigenvalue weighted by Gasteiger charge is 2.19. The van der Waals surface area contributed by atoms with Crippen LogP contribution in [0.1, 0.15) is 201 Å². The molecule has 0 radical (unpaired) electrons. The Morgan fingerprint density at radius 1 is 0.333 bits per heavy atom. The molecule has 1 atom stereocenters. The van der Waals surface area contributed by atoms with Gasteiger partial charge in [0.2, 0.25) is 0 Å². The molecule has 0 aromatic heterocycles. The molecular weight excluding hydrogens is 781 g/mol. The van der Waals surface area contributed by atoms with Gasteiger partial charge in [0, 0.05) is 19.3 Å². The van der Waals surface area contributed by atoms with Crippen molar-refractivity contribution in [3.05, 3.63) is 122 Å². The first-order chi connectivity index (χ1) is 31.0. The summed E-state index contributed by atoms with van der Waals surface area (Å²) in [4.78, 5) is 37.9. The largest absolute Gasteiger partial charge is 0.462 e. The fourth-order valence-corrected chi connectivity index (χ4v) is 6.23. The van der Waals surface area contributed by atoms with Gasteiger partial charge in [-0.05, 0) is 109 Å². The Hall–Kier alpha value is -4.19. The molecule has 0 rings (SSSR count). The molecule has 0 aromatic rings. The molecule has 0 fully saturated rings. The van der Waals surface area contributed by atoms with E-state index in [1.165, 1.54) is 25.7 Å². The van der Waals surface area contributed by atoms with Crippen LogP contribution in [0.15, 0.2) is 122 Å². The maximum absolute atomic E-state index is 12.8. The third-order valence-corrected chi connectivity index (χ3v) is 9.94. The number of unbranched alkanes of at least 4 members (excludes halogenated alkanes) is 12. The molecule has 6 nitrogen and oxygen atoms in total. The van der Waals surface area contributed by atoms with E-state index < -0.39 is 6.10 Å². The molecule has 0 aliphatic rings. The van der Waals surface area contributed by atoms with Gasteiger partial charge in [-0.2, -0.15) is 0 Å². The van der Waals surface area contributed by atoms with Crippen molar-refractivity contribution < 1.29 is 28.6 Å². The number of esters is 3. The molecule has 0 saturated carbocycles. The van der Waals surface area contributed by atoms with Crippen molar-refractivity contribution in [3.8, 4) is 0 Å². The first-order valence-electron chi connectivity index (χ1n) is 25.0. The van der Waals surface area contributed by atoms with Crippen LogP contribution in [0.4, 0.5) is 0 Å². The van der Waals surface area contributed by atoms with Crippen LogP contribution in [-0.4, -0.2) is 37.2 Å². The monoisotopic (exact) mass is 871 g/mol. The lowest BCUT2D eigenvalue weighted by molar-refractivity contribution is -0.166. The molecule has 1 unspecified atom stereocenters. The fourth-order valence-electron chi connectivity index (χ4n) is 6.23. The number of allylic oxidation sites excluding steroid dienone is 20. The van der Waals surface area contributed by atoms with Crippen LogP contribution in [0.25, 0.3) is 0 Å². The maximum Gasteiger partial charge on any atom is 0.306 e. The molecule has 354 valence electrons. The van der Waals surface area contributed by atoms with E-state index in [9.17, 15) is 14.4 Å². The Balaban J connectivity index is 4.53. The minimum atomic E-state index is -0.822. The summed E-state index contributed by atoms with van der Waals surface area (Å²) in [7, 11) is 0. The van der Waals surface area contributed by atoms with Gasteiger partial charge < -0.3 is 14.2 Å². The molecule has 0 heterocycles. The normalized spacial score (nSPS) is 13.1. The van der Waals surface area contributed by atoms with Gasteiger partial charge in [0.1, 0.15) is 13.2 Å². The van der Waals surface area contributed by atoms with E-state index >= 15 is 0 Å². The van der Waals surface area contributed by atoms with Crippen molar-refractivity contribution in [1.29, 1.82) is 0 Å². The van der Waals surface area contributed by atoms with Gasteiger partial charge in [-0.15, -0.1) is 0 Å². The first-order valence-corrected chi connectivity index (χ1v) is 25.0. The standard InChI is InChI=1S/C57H90O6/c1-4-7-10-13-16-19-22-24-26-28-29-30-32-33-35-38-41-44-47-50-56(59)62-53-54(52-61-55(58)49-46-43-40-37-21-18-15-12-9-6-3)63-57(60)51-48-45-42-39-36-34-31-27-25-23-20-17-14-11-8-5-2/h7-8,10-11,15-20,24-27,29-30,33,35,41,44,54H,4-6,9,12-14,21-23,28,31-32,34,36-40,42-43,45-53H2,1-3H3/b10-7-,11-8-,18-15-,19-16-,20-17-,26-24-,27-25-,30-29-,35-33-,44-41-. The summed E-state index contributed by atoms with van der Waals surface area (Å²) in [6, 6.07) is 0. The second kappa shape index (κ2) is 50.5. The predicted molar refractivity (Wildman–Crippen MR) is 269 cm³/mol. The minimum absolute atomic E-state index is 0.116. The number of ether oxygens (including phenoxy) is 3. The molecule has 0 spiro atoms. The van der Waals surface area contributed by atoms with E-state index in [4.69, 9.17) is 14.2 Å². The molecule has 0 aromatic carbocycles. The fraction of sp³-hybridized carbons (Fsp3) is 0.596. The Bertz CT molecular complexity index is 1370. The Labute approximate surface area is 386 Å². The zero-order chi connectivity index (χ0) is 45.8. The third kappa shape index (κ3) is 48.7. The summed E-state index contributed by atoms with van der Waals surface area (Å²) in [6.45, 7) is 6.26. The Kier molecular flexibility index (Phi) is 47.1. The molecule has 0 aliphatic carbocycles. The van der Waals surface area contributed by atoms with Gasteiger partial charge in [0.15, 0.2) is 6.10 Å². The lowest BCUT2D eigenvalue weighted by atomic mass is 10.1. The molecule has 0 saturated heterocycles. The Morgan fingerprint density at radius 2 is 0.651 bits per heavy atom. The van der Waals surface area contributed by atoms with Crippen LogP contribution in [-0.2, 0) is 28.6 Å². The highest BCUT2D eigenvalue weighted by atomic mass is 16.6. The maximum atomic E-state index is 12.8. The number of hydrogen-bond acceptors (Lipinski definition) is 6. The second-order valence-corrected chi connectivity index (χ2v) is 16.0. The van der Waals surface area contributed by atoms with Crippen LogP contribution in [0.2, 0.25) is 0 Å². The molecule has 0 bridgehead atoms. The van der Waals surface area contributed by atoms with E-state index in [1.54, 1.807) is 0 Å². The molecule has 0 aliphatic heterocycles. The van der Waals surface area contributed by atoms with Crippen molar-refractivity contribution in [2.45, 2.75) is 207 Å². The topological polar surface area (TPSA) is 78.9 Å². The number of rotatable bonds is 43. The molecule has 6 heteroatoms. The average molecular weight is 871 g/mol. The molecular formula is C57H90O6. The quantitative estimate of drug-likeness (QED) is 0.0263. The van der Waals surface area contributed by atoms with Gasteiger partial charge in [-0.1, -0.05) is 194 Å². The van der Waals surface area contributed by atoms with Gasteiger partial charge in [0.05, 0.1) is 0 Å². The van der Waals surface area contributed by atoms with Crippen LogP contribution < -0.4 is 0 Å². The number of carbonyl (C=O) groups is 3. The lowest BCUT2D eigenvalue weighted by Gasteiger charge is -2.18. The van der Waals surface area contributed by atoms with Gasteiger partial charge in [0.25, 0.3) is 0 Å². The summed E-state index contributed by atoms with van der Waals surface area (Å²) >= 11 is 0. The van der Waals surface area contributed by atoms with E-state index in [0.29, 0.717) is 19.3 Å². The summed E-state index contributed by atoms with van der Waals surface area (Å²) in [5.74, 6) is -1.04. The van der Waals surface area contributed by atoms with Crippen LogP contribution in [0.3, 0.4) is 0 Å². The smallest absolute Gasteiger partial charge is 0.306 e. The molecule has 63 heavy (non-hydrogen) atoms. The summed E-state index contributed by atoms with van der Waals surface area (Å²) < 4.78 is 16.7. The van der Waals surface area contributed by atoms with Crippen molar-refractivity contribution in [2.24, 2.45) is 0 Å². The van der Waals surface area contributed by atoms with E-state index in [0.717, 1.165) is 128 Å². The van der Waals surface area contributed by atoms with Crippen molar-refractivity contribution in [3.63, 3.8) is 0 Å². The highest BCUT2D eigenvalue weighted by molar-refractivity contribution is 5.71. The zero-order valence-electron chi connectivity index (χ0n) is 40.3. The van der Waals surface area contributed by atoms with E-state index in [1.807, 2.05) is 12.2 Å². The van der Waals surface area contributed by atoms with Crippen LogP contribution in [0.5, 0.6) is 0 Å². The van der Waals surface area contributed by atoms with Crippen molar-refractivity contribution >= 4 is 17.9 Å². The highest BCUT2D eigenvalue weighted by Crippen LogP contribution is 2.12. The molecule has 0 N–H and O–H groups in total. The van der Waals surface area contributed by atoms with Crippen LogP contribution >= 0.6 is 0 Å². The SMILES string of the molecule is CC/C=C\C/C=C\C/C=C\C/C=C\C/C=C\C/C=C\CCC(=O)OCC(COC(=O)CCCCCC/C=C\CCCC)OC(=O)CCCCCCCC/C=C\C/C=C\C/C=C\CC. The summed E-state index contributed by atoms with van der Waals surface area (Å²) in [5.41, 5.74) is 0. The van der Waals surface area contributed by atoms with Gasteiger partial charge in [-0.25, -0.2) is 0 Å². The lowest BCUT2D eigenvalue weighted by Crippen LogP contribution is -2.30. The second-order valence-electron chi connectivity index (χ2n) is 16.0. The van der Waals surface area contributed by atoms with Crippen molar-refractivity contribution in [2.75, 3.05) is 13.2 Å². The van der Waals surface area contributed by atoms with Crippen molar-refractivity contribution in [1.82, 2.24) is 0 Å². The summed E-state index contributed by atoms with van der Waals surface area (Å²) in [6.07, 6.45) is 69.1. The Morgan fingerprint density at radius 3 is 1.08 bits per heavy atom. The minimum Gasteiger partial charge on any atom is -0.462 e. The van der Waals surface area contributed by atoms with E-state index in [-0.39, 0.29) is 37.5 Å². The third-order valence-electron chi connectivity index (χ3n) is 9.94.